The number of nitrogens with zero attached hydrogens (tertiary/aromatic N) is 2. The van der Waals surface area contributed by atoms with Crippen LogP contribution in [0.2, 0.25) is 0 Å². The Kier molecular flexibility index (Phi) is 7.61. The van der Waals surface area contributed by atoms with E-state index in [0.29, 0.717) is 29.7 Å². The van der Waals surface area contributed by atoms with E-state index < -0.39 is 35.3 Å². The third-order valence-electron chi connectivity index (χ3n) is 6.41. The molecule has 0 saturated carbocycles. The highest BCUT2D eigenvalue weighted by Gasteiger charge is 2.52. The Balaban J connectivity index is 1.47. The molecule has 0 spiro atoms. The van der Waals surface area contributed by atoms with Gasteiger partial charge < -0.3 is 19.7 Å². The molecule has 3 aromatic rings. The topological polar surface area (TPSA) is 122 Å². The van der Waals surface area contributed by atoms with Crippen molar-refractivity contribution in [3.63, 3.8) is 0 Å². The zero-order chi connectivity index (χ0) is 27.5. The number of amides is 3. The van der Waals surface area contributed by atoms with Crippen molar-refractivity contribution in [2.75, 3.05) is 13.2 Å². The molecular weight excluding hydrogens is 507 g/mol. The fraction of sp³-hybridized carbons (Fsp3) is 0.385. The van der Waals surface area contributed by atoms with Crippen LogP contribution in [0.15, 0.2) is 47.0 Å². The molecule has 1 fully saturated rings. The predicted molar refractivity (Wildman–Crippen MR) is 128 cm³/mol. The lowest BCUT2D eigenvalue weighted by Gasteiger charge is -2.26. The number of carbonyl (C=O) groups excluding carboxylic acids is 2. The monoisotopic (exact) mass is 533 g/mol. The van der Waals surface area contributed by atoms with Crippen molar-refractivity contribution in [2.24, 2.45) is 0 Å². The average molecular weight is 534 g/mol. The van der Waals surface area contributed by atoms with Crippen LogP contribution in [0, 0.1) is 0 Å². The van der Waals surface area contributed by atoms with Gasteiger partial charge in [-0.25, -0.2) is 4.79 Å². The predicted octanol–water partition coefficient (Wildman–Crippen LogP) is 4.88. The van der Waals surface area contributed by atoms with Gasteiger partial charge in [0.05, 0.1) is 12.0 Å². The number of aromatic nitrogens is 1. The third-order valence-corrected chi connectivity index (χ3v) is 6.41. The summed E-state index contributed by atoms with van der Waals surface area (Å²) in [5, 5.41) is 14.9. The summed E-state index contributed by atoms with van der Waals surface area (Å²) in [7, 11) is 0. The Morgan fingerprint density at radius 3 is 2.58 bits per heavy atom. The molecule has 0 bridgehead atoms. The van der Waals surface area contributed by atoms with Crippen molar-refractivity contribution in [3.05, 3.63) is 59.3 Å². The number of imide groups is 1. The molecule has 1 unspecified atom stereocenters. The highest BCUT2D eigenvalue weighted by Crippen LogP contribution is 2.38. The summed E-state index contributed by atoms with van der Waals surface area (Å²) in [6.45, 7) is 1.93. The molecule has 38 heavy (non-hydrogen) atoms. The van der Waals surface area contributed by atoms with Crippen LogP contribution >= 0.6 is 0 Å². The maximum Gasteiger partial charge on any atom is 0.437 e. The molecule has 9 nitrogen and oxygen atoms in total. The first-order valence-corrected chi connectivity index (χ1v) is 12.1. The minimum Gasteiger partial charge on any atom is -0.493 e. The number of hydrogen-bond acceptors (Lipinski definition) is 6. The number of rotatable bonds is 11. The summed E-state index contributed by atoms with van der Waals surface area (Å²) in [6.07, 6.45) is -3.83. The Hall–Kier alpha value is -4.09. The van der Waals surface area contributed by atoms with Crippen LogP contribution in [0.5, 0.6) is 5.75 Å². The summed E-state index contributed by atoms with van der Waals surface area (Å²) in [5.74, 6) is -1.31. The molecular formula is C26H26F3N3O6. The largest absolute Gasteiger partial charge is 0.493 e. The quantitative estimate of drug-likeness (QED) is 0.266. The van der Waals surface area contributed by atoms with Crippen LogP contribution < -0.4 is 10.1 Å². The Morgan fingerprint density at radius 2 is 1.92 bits per heavy atom. The lowest BCUT2D eigenvalue weighted by molar-refractivity contribution is -0.141. The number of halogens is 3. The number of hydrogen-bond donors (Lipinski definition) is 2. The number of carboxylic acid groups (broad SMARTS) is 1. The van der Waals surface area contributed by atoms with Gasteiger partial charge >= 0.3 is 18.2 Å². The molecule has 1 aromatic heterocycles. The summed E-state index contributed by atoms with van der Waals surface area (Å²) < 4.78 is 50.5. The standard InChI is InChI=1S/C26H26F3N3O6/c1-2-7-17-19(11-10-18-21(17)38-31-22(18)26(27,28)29)37-15-6-14-32-23(35)25(30-24(32)36,13-12-20(33)34)16-8-4-3-5-9-16/h3-5,8-11H,2,6-7,12-15H2,1H3,(H,30,36)(H,33,34). The average Bonchev–Trinajstić information content (AvgIpc) is 3.42. The first kappa shape index (κ1) is 27.0. The van der Waals surface area contributed by atoms with Crippen molar-refractivity contribution >= 4 is 28.9 Å². The fourth-order valence-electron chi connectivity index (χ4n) is 4.63. The van der Waals surface area contributed by atoms with Gasteiger partial charge in [0.1, 0.15) is 11.3 Å². The third kappa shape index (κ3) is 5.15. The van der Waals surface area contributed by atoms with Gasteiger partial charge in [-0.1, -0.05) is 48.8 Å². The number of benzene rings is 2. The summed E-state index contributed by atoms with van der Waals surface area (Å²) >= 11 is 0. The Bertz CT molecular complexity index is 1340. The first-order chi connectivity index (χ1) is 18.1. The lowest BCUT2D eigenvalue weighted by Crippen LogP contribution is -2.44. The molecule has 2 aromatic carbocycles. The van der Waals surface area contributed by atoms with Gasteiger partial charge in [-0.15, -0.1) is 0 Å². The SMILES string of the molecule is CCCc1c(OCCCN2C(=O)NC(CCC(=O)O)(c3ccccc3)C2=O)ccc2c(C(F)(F)F)noc12. The van der Waals surface area contributed by atoms with Gasteiger partial charge in [0.2, 0.25) is 0 Å². The Morgan fingerprint density at radius 1 is 1.18 bits per heavy atom. The van der Waals surface area contributed by atoms with Gasteiger partial charge in [0, 0.05) is 18.5 Å². The zero-order valence-corrected chi connectivity index (χ0v) is 20.5. The summed E-state index contributed by atoms with van der Waals surface area (Å²) in [4.78, 5) is 38.4. The number of fused-ring (bicyclic) bond motifs is 1. The van der Waals surface area contributed by atoms with Crippen LogP contribution in [-0.2, 0) is 27.7 Å². The van der Waals surface area contributed by atoms with Crippen molar-refractivity contribution < 1.29 is 41.9 Å². The molecule has 1 aliphatic rings. The van der Waals surface area contributed by atoms with Crippen molar-refractivity contribution in [3.8, 4) is 5.75 Å². The van der Waals surface area contributed by atoms with E-state index in [9.17, 15) is 32.7 Å². The number of ether oxygens (including phenoxy) is 1. The van der Waals surface area contributed by atoms with E-state index in [1.807, 2.05) is 6.92 Å². The van der Waals surface area contributed by atoms with E-state index in [1.54, 1.807) is 30.3 Å². The maximum atomic E-state index is 13.4. The second kappa shape index (κ2) is 10.7. The fourth-order valence-corrected chi connectivity index (χ4v) is 4.63. The molecule has 3 amide bonds. The van der Waals surface area contributed by atoms with Gasteiger partial charge in [0.25, 0.3) is 5.91 Å². The molecule has 12 heteroatoms. The lowest BCUT2D eigenvalue weighted by atomic mass is 9.85. The van der Waals surface area contributed by atoms with Crippen LogP contribution in [0.4, 0.5) is 18.0 Å². The van der Waals surface area contributed by atoms with Gasteiger partial charge in [-0.05, 0) is 37.0 Å². The second-order valence-electron chi connectivity index (χ2n) is 8.95. The highest BCUT2D eigenvalue weighted by molar-refractivity contribution is 6.07. The maximum absolute atomic E-state index is 13.4. The van der Waals surface area contributed by atoms with Crippen LogP contribution in [0.3, 0.4) is 0 Å². The van der Waals surface area contributed by atoms with Gasteiger partial charge in [0.15, 0.2) is 11.3 Å². The molecule has 4 rings (SSSR count). The number of carbonyl (C=O) groups is 3. The normalized spacial score (nSPS) is 17.7. The molecule has 2 N–H and O–H groups in total. The van der Waals surface area contributed by atoms with Crippen molar-refractivity contribution in [2.45, 2.75) is 50.7 Å². The number of alkyl halides is 3. The van der Waals surface area contributed by atoms with E-state index in [2.05, 4.69) is 10.5 Å². The smallest absolute Gasteiger partial charge is 0.437 e. The number of urea groups is 1. The molecule has 2 heterocycles. The van der Waals surface area contributed by atoms with Crippen LogP contribution in [-0.4, -0.2) is 46.2 Å². The highest BCUT2D eigenvalue weighted by atomic mass is 19.4. The molecule has 0 aliphatic carbocycles. The van der Waals surface area contributed by atoms with Gasteiger partial charge in [-0.2, -0.15) is 13.2 Å². The van der Waals surface area contributed by atoms with E-state index in [-0.39, 0.29) is 43.4 Å². The molecule has 202 valence electrons. The molecule has 1 aliphatic heterocycles. The number of aryl methyl sites for hydroxylation is 1. The molecule has 0 radical (unpaired) electrons. The van der Waals surface area contributed by atoms with E-state index >= 15 is 0 Å². The number of aliphatic carboxylic acids is 1. The zero-order valence-electron chi connectivity index (χ0n) is 20.5. The van der Waals surface area contributed by atoms with E-state index in [1.165, 1.54) is 12.1 Å². The number of nitrogens with one attached hydrogen (secondary N) is 1. The summed E-state index contributed by atoms with van der Waals surface area (Å²) in [5.41, 5.74) is -1.63. The Labute approximate surface area is 215 Å². The minimum absolute atomic E-state index is 0.00178. The van der Waals surface area contributed by atoms with Crippen LogP contribution in [0.1, 0.15) is 49.4 Å². The van der Waals surface area contributed by atoms with E-state index in [0.717, 1.165) is 4.90 Å². The first-order valence-electron chi connectivity index (χ1n) is 12.1. The van der Waals surface area contributed by atoms with E-state index in [4.69, 9.17) is 9.26 Å². The van der Waals surface area contributed by atoms with Crippen LogP contribution in [0.25, 0.3) is 11.0 Å². The van der Waals surface area contributed by atoms with Crippen molar-refractivity contribution in [1.82, 2.24) is 15.4 Å². The molecule has 1 atom stereocenters. The van der Waals surface area contributed by atoms with Crippen molar-refractivity contribution in [1.29, 1.82) is 0 Å². The minimum atomic E-state index is -4.65. The summed E-state index contributed by atoms with van der Waals surface area (Å²) in [6, 6.07) is 10.5. The molecule has 1 saturated heterocycles. The van der Waals surface area contributed by atoms with Gasteiger partial charge in [-0.3, -0.25) is 14.5 Å². The second-order valence-corrected chi connectivity index (χ2v) is 8.95. The number of carboxylic acids is 1.